The zero-order chi connectivity index (χ0) is 28.2. The number of hydrogen-bond acceptors (Lipinski definition) is 10. The van der Waals surface area contributed by atoms with Crippen LogP contribution in [0, 0.1) is 0 Å². The summed E-state index contributed by atoms with van der Waals surface area (Å²) in [6.07, 6.45) is 2.73. The van der Waals surface area contributed by atoms with Gasteiger partial charge in [-0.25, -0.2) is 14.8 Å². The molecule has 2 aliphatic heterocycles. The van der Waals surface area contributed by atoms with E-state index < -0.39 is 23.5 Å². The third-order valence-corrected chi connectivity index (χ3v) is 7.21. The Morgan fingerprint density at radius 3 is 2.41 bits per heavy atom. The van der Waals surface area contributed by atoms with Crippen LogP contribution in [-0.2, 0) is 18.9 Å². The van der Waals surface area contributed by atoms with Crippen molar-refractivity contribution in [2.75, 3.05) is 31.2 Å². The lowest BCUT2D eigenvalue weighted by Crippen LogP contribution is -2.46. The van der Waals surface area contributed by atoms with E-state index >= 15 is 0 Å². The van der Waals surface area contributed by atoms with Crippen molar-refractivity contribution in [3.63, 3.8) is 0 Å². The van der Waals surface area contributed by atoms with Crippen LogP contribution in [0.25, 0.3) is 0 Å². The van der Waals surface area contributed by atoms with Crippen LogP contribution in [-0.4, -0.2) is 63.2 Å². The number of methoxy groups -OCH3 is 1. The van der Waals surface area contributed by atoms with E-state index in [4.69, 9.17) is 26.2 Å². The van der Waals surface area contributed by atoms with E-state index in [1.165, 1.54) is 17.8 Å². The van der Waals surface area contributed by atoms with Gasteiger partial charge >= 0.3 is 5.69 Å². The molecule has 206 valence electrons. The van der Waals surface area contributed by atoms with Crippen LogP contribution in [0.2, 0.25) is 5.02 Å². The van der Waals surface area contributed by atoms with Gasteiger partial charge in [-0.15, -0.1) is 0 Å². The topological polar surface area (TPSA) is 110 Å². The van der Waals surface area contributed by atoms with E-state index in [-0.39, 0.29) is 17.8 Å². The minimum atomic E-state index is -0.490. The standard InChI is InChI=1S/C26H31ClN8O4/c1-14(2)34-20-19(15-8-10-16(27)11-9-15)35(18-13-32(5)26(37)33(6)24(18)36)39-23(20)29-21(34)17-12-28-25(31(3)4)30-22(17)38-7/h8-14,19-21H,1-7H3. The van der Waals surface area contributed by atoms with Gasteiger partial charge in [0.1, 0.15) is 18.2 Å². The summed E-state index contributed by atoms with van der Waals surface area (Å²) in [6, 6.07) is 6.54. The van der Waals surface area contributed by atoms with Crippen molar-refractivity contribution >= 4 is 29.1 Å². The number of benzene rings is 1. The number of rotatable bonds is 6. The van der Waals surface area contributed by atoms with Crippen molar-refractivity contribution in [3.05, 3.63) is 73.6 Å². The van der Waals surface area contributed by atoms with Gasteiger partial charge in [-0.1, -0.05) is 23.7 Å². The summed E-state index contributed by atoms with van der Waals surface area (Å²) < 4.78 is 8.07. The SMILES string of the molecule is COc1nc(N(C)C)ncc1C1N=C2ON(c3cn(C)c(=O)n(C)c3=O)C(c3ccc(Cl)cc3)C2N1C(C)C. The molecular weight excluding hydrogens is 524 g/mol. The lowest BCUT2D eigenvalue weighted by Gasteiger charge is -2.36. The van der Waals surface area contributed by atoms with E-state index in [9.17, 15) is 9.59 Å². The van der Waals surface area contributed by atoms with Crippen LogP contribution in [0.15, 0.2) is 51.2 Å². The molecule has 12 nitrogen and oxygen atoms in total. The molecule has 0 aliphatic carbocycles. The average molecular weight is 555 g/mol. The number of hydrogen-bond donors (Lipinski definition) is 0. The quantitative estimate of drug-likeness (QED) is 0.453. The van der Waals surface area contributed by atoms with Crippen LogP contribution in [0.1, 0.15) is 37.2 Å². The van der Waals surface area contributed by atoms with Crippen molar-refractivity contribution in [1.29, 1.82) is 0 Å². The highest BCUT2D eigenvalue weighted by molar-refractivity contribution is 6.30. The zero-order valence-electron chi connectivity index (χ0n) is 22.9. The van der Waals surface area contributed by atoms with E-state index in [0.29, 0.717) is 28.3 Å². The smallest absolute Gasteiger partial charge is 0.330 e. The minimum absolute atomic E-state index is 0.000735. The molecule has 3 aromatic rings. The molecule has 2 aromatic heterocycles. The molecule has 0 spiro atoms. The van der Waals surface area contributed by atoms with E-state index in [1.54, 1.807) is 42.5 Å². The Balaban J connectivity index is 1.68. The normalized spacial score (nSPS) is 20.7. The molecule has 4 heterocycles. The first kappa shape index (κ1) is 26.7. The van der Waals surface area contributed by atoms with Crippen LogP contribution in [0.5, 0.6) is 5.88 Å². The molecule has 3 atom stereocenters. The first-order chi connectivity index (χ1) is 18.5. The molecular formula is C26H31ClN8O4. The van der Waals surface area contributed by atoms with E-state index in [0.717, 1.165) is 10.1 Å². The molecule has 1 fully saturated rings. The van der Waals surface area contributed by atoms with Gasteiger partial charge in [0.25, 0.3) is 5.56 Å². The molecule has 2 aliphatic rings. The number of halogens is 1. The van der Waals surface area contributed by atoms with Crippen LogP contribution >= 0.6 is 11.6 Å². The molecule has 3 unspecified atom stereocenters. The van der Waals surface area contributed by atoms with Gasteiger partial charge in [0.05, 0.1) is 12.7 Å². The van der Waals surface area contributed by atoms with E-state index in [2.05, 4.69) is 28.7 Å². The molecule has 5 rings (SSSR count). The van der Waals surface area contributed by atoms with Crippen molar-refractivity contribution in [3.8, 4) is 5.88 Å². The Morgan fingerprint density at radius 1 is 1.10 bits per heavy atom. The Bertz CT molecular complexity index is 1550. The van der Waals surface area contributed by atoms with Gasteiger partial charge in [0.15, 0.2) is 5.69 Å². The fraction of sp³-hybridized carbons (Fsp3) is 0.423. The third-order valence-electron chi connectivity index (χ3n) is 6.96. The summed E-state index contributed by atoms with van der Waals surface area (Å²) in [5, 5.41) is 2.13. The van der Waals surface area contributed by atoms with Gasteiger partial charge < -0.3 is 19.0 Å². The predicted octanol–water partition coefficient (Wildman–Crippen LogP) is 2.28. The maximum Gasteiger partial charge on any atom is 0.330 e. The monoisotopic (exact) mass is 554 g/mol. The fourth-order valence-corrected chi connectivity index (χ4v) is 5.20. The number of nitrogens with zero attached hydrogens (tertiary/aromatic N) is 8. The van der Waals surface area contributed by atoms with Gasteiger partial charge in [0.2, 0.25) is 17.7 Å². The Hall–Kier alpha value is -3.90. The largest absolute Gasteiger partial charge is 0.481 e. The molecule has 0 bridgehead atoms. The first-order valence-electron chi connectivity index (χ1n) is 12.5. The summed E-state index contributed by atoms with van der Waals surface area (Å²) >= 11 is 6.22. The second kappa shape index (κ2) is 10.0. The van der Waals surface area contributed by atoms with Crippen molar-refractivity contribution < 1.29 is 9.57 Å². The Kier molecular flexibility index (Phi) is 6.85. The summed E-state index contributed by atoms with van der Waals surface area (Å²) in [6.45, 7) is 4.14. The summed E-state index contributed by atoms with van der Waals surface area (Å²) in [5.41, 5.74) is 0.873. The number of aryl methyl sites for hydroxylation is 1. The zero-order valence-corrected chi connectivity index (χ0v) is 23.6. The lowest BCUT2D eigenvalue weighted by atomic mass is 9.97. The van der Waals surface area contributed by atoms with Crippen LogP contribution in [0.3, 0.4) is 0 Å². The molecule has 1 aromatic carbocycles. The Morgan fingerprint density at radius 2 is 1.79 bits per heavy atom. The first-order valence-corrected chi connectivity index (χ1v) is 12.8. The molecule has 1 saturated heterocycles. The van der Waals surface area contributed by atoms with Crippen LogP contribution < -0.4 is 25.9 Å². The number of anilines is 2. The van der Waals surface area contributed by atoms with Gasteiger partial charge in [-0.2, -0.15) is 10.0 Å². The summed E-state index contributed by atoms with van der Waals surface area (Å²) in [7, 11) is 8.32. The number of fused-ring (bicyclic) bond motifs is 1. The highest BCUT2D eigenvalue weighted by Gasteiger charge is 2.54. The molecule has 0 saturated carbocycles. The number of hydroxylamine groups is 1. The highest BCUT2D eigenvalue weighted by Crippen LogP contribution is 2.47. The number of aliphatic imine (C=N–C) groups is 1. The van der Waals surface area contributed by atoms with Gasteiger partial charge in [-0.05, 0) is 31.5 Å². The Labute approximate surface area is 230 Å². The highest BCUT2D eigenvalue weighted by atomic mass is 35.5. The van der Waals surface area contributed by atoms with Crippen molar-refractivity contribution in [2.45, 2.75) is 38.1 Å². The van der Waals surface area contributed by atoms with Gasteiger partial charge in [-0.3, -0.25) is 14.3 Å². The molecule has 0 N–H and O–H groups in total. The van der Waals surface area contributed by atoms with Gasteiger partial charge in [0, 0.05) is 51.6 Å². The number of ether oxygens (including phenoxy) is 1. The fourth-order valence-electron chi connectivity index (χ4n) is 5.08. The second-order valence-electron chi connectivity index (χ2n) is 10.0. The van der Waals surface area contributed by atoms with Crippen molar-refractivity contribution in [1.82, 2.24) is 24.0 Å². The molecule has 13 heteroatoms. The summed E-state index contributed by atoms with van der Waals surface area (Å²) in [5.74, 6) is 1.37. The number of aromatic nitrogens is 4. The maximum absolute atomic E-state index is 13.3. The van der Waals surface area contributed by atoms with E-state index in [1.807, 2.05) is 26.2 Å². The molecule has 0 amide bonds. The lowest BCUT2D eigenvalue weighted by molar-refractivity contribution is 0.132. The predicted molar refractivity (Wildman–Crippen MR) is 149 cm³/mol. The third kappa shape index (κ3) is 4.43. The molecule has 39 heavy (non-hydrogen) atoms. The minimum Gasteiger partial charge on any atom is -0.481 e. The second-order valence-corrected chi connectivity index (χ2v) is 10.5. The maximum atomic E-state index is 13.3. The van der Waals surface area contributed by atoms with Crippen LogP contribution in [0.4, 0.5) is 11.6 Å². The molecule has 0 radical (unpaired) electrons. The summed E-state index contributed by atoms with van der Waals surface area (Å²) in [4.78, 5) is 50.1. The van der Waals surface area contributed by atoms with Crippen molar-refractivity contribution in [2.24, 2.45) is 19.1 Å². The average Bonchev–Trinajstić information content (AvgIpc) is 3.45.